The monoisotopic (exact) mass is 275 g/mol. The summed E-state index contributed by atoms with van der Waals surface area (Å²) in [5, 5.41) is 0. The second kappa shape index (κ2) is 5.87. The highest BCUT2D eigenvalue weighted by atomic mass is 32.1. The van der Waals surface area contributed by atoms with E-state index < -0.39 is 0 Å². The van der Waals surface area contributed by atoms with Crippen LogP contribution in [0.25, 0.3) is 0 Å². The van der Waals surface area contributed by atoms with E-state index in [0.717, 1.165) is 13.0 Å². The maximum Gasteiger partial charge on any atom is 0.111 e. The fourth-order valence-electron chi connectivity index (χ4n) is 3.02. The van der Waals surface area contributed by atoms with Gasteiger partial charge < -0.3 is 4.57 Å². The van der Waals surface area contributed by atoms with Gasteiger partial charge in [-0.1, -0.05) is 19.3 Å². The highest BCUT2D eigenvalue weighted by Crippen LogP contribution is 2.31. The maximum absolute atomic E-state index is 4.61. The average molecular weight is 275 g/mol. The van der Waals surface area contributed by atoms with Gasteiger partial charge in [-0.05, 0) is 19.8 Å². The van der Waals surface area contributed by atoms with Gasteiger partial charge in [0.15, 0.2) is 0 Å². The Morgan fingerprint density at radius 2 is 2.11 bits per heavy atom. The maximum atomic E-state index is 4.61. The minimum Gasteiger partial charge on any atom is -0.334 e. The predicted octanol–water partition coefficient (Wildman–Crippen LogP) is 3.94. The summed E-state index contributed by atoms with van der Waals surface area (Å²) in [7, 11) is 0. The molecular formula is C15H21N3S. The topological polar surface area (TPSA) is 30.7 Å². The Balaban J connectivity index is 1.68. The van der Waals surface area contributed by atoms with Crippen molar-refractivity contribution in [2.75, 3.05) is 0 Å². The van der Waals surface area contributed by atoms with Crippen LogP contribution in [0.3, 0.4) is 0 Å². The van der Waals surface area contributed by atoms with Gasteiger partial charge in [-0.25, -0.2) is 9.97 Å². The number of hydrogen-bond donors (Lipinski definition) is 0. The molecule has 2 aromatic rings. The van der Waals surface area contributed by atoms with Gasteiger partial charge >= 0.3 is 0 Å². The van der Waals surface area contributed by atoms with Crippen LogP contribution in [0.2, 0.25) is 0 Å². The summed E-state index contributed by atoms with van der Waals surface area (Å²) in [5.74, 6) is 1.99. The molecule has 102 valence electrons. The Bertz CT molecular complexity index is 523. The van der Waals surface area contributed by atoms with E-state index in [0.29, 0.717) is 5.92 Å². The summed E-state index contributed by atoms with van der Waals surface area (Å²) >= 11 is 1.77. The molecule has 2 heterocycles. The first kappa shape index (κ1) is 12.9. The Labute approximate surface area is 118 Å². The molecule has 0 atom stereocenters. The van der Waals surface area contributed by atoms with Crippen LogP contribution in [0.4, 0.5) is 0 Å². The number of aryl methyl sites for hydroxylation is 3. The molecule has 0 aromatic carbocycles. The molecule has 1 aliphatic rings. The summed E-state index contributed by atoms with van der Waals surface area (Å²) < 4.78 is 2.36. The lowest BCUT2D eigenvalue weighted by Crippen LogP contribution is -2.13. The second-order valence-corrected chi connectivity index (χ2v) is 6.36. The molecule has 0 saturated heterocycles. The second-order valence-electron chi connectivity index (χ2n) is 5.42. The Hall–Kier alpha value is -1.16. The number of hydrogen-bond acceptors (Lipinski definition) is 3. The van der Waals surface area contributed by atoms with Crippen molar-refractivity contribution >= 4 is 11.3 Å². The van der Waals surface area contributed by atoms with Crippen LogP contribution >= 0.6 is 11.3 Å². The Kier molecular flexibility index (Phi) is 3.97. The van der Waals surface area contributed by atoms with Crippen molar-refractivity contribution in [3.8, 4) is 0 Å². The average Bonchev–Trinajstić information content (AvgIpc) is 3.06. The van der Waals surface area contributed by atoms with E-state index in [4.69, 9.17) is 0 Å². The third kappa shape index (κ3) is 2.89. The van der Waals surface area contributed by atoms with Gasteiger partial charge in [0.2, 0.25) is 0 Å². The molecule has 0 aliphatic heterocycles. The van der Waals surface area contributed by atoms with Gasteiger partial charge in [0.1, 0.15) is 5.82 Å². The molecule has 19 heavy (non-hydrogen) atoms. The largest absolute Gasteiger partial charge is 0.334 e. The molecule has 3 rings (SSSR count). The van der Waals surface area contributed by atoms with Crippen molar-refractivity contribution < 1.29 is 0 Å². The van der Waals surface area contributed by atoms with E-state index >= 15 is 0 Å². The van der Waals surface area contributed by atoms with Crippen LogP contribution in [-0.2, 0) is 13.0 Å². The summed E-state index contributed by atoms with van der Waals surface area (Å²) in [6, 6.07) is 0. The first-order valence-corrected chi connectivity index (χ1v) is 8.12. The van der Waals surface area contributed by atoms with Gasteiger partial charge in [0.25, 0.3) is 0 Å². The number of rotatable bonds is 4. The Morgan fingerprint density at radius 1 is 1.26 bits per heavy atom. The van der Waals surface area contributed by atoms with E-state index in [1.54, 1.807) is 11.3 Å². The molecule has 0 amide bonds. The molecule has 2 aromatic heterocycles. The van der Waals surface area contributed by atoms with Crippen molar-refractivity contribution in [1.82, 2.24) is 14.5 Å². The molecule has 1 fully saturated rings. The molecule has 1 aliphatic carbocycles. The summed E-state index contributed by atoms with van der Waals surface area (Å²) in [6.45, 7) is 3.14. The minimum atomic E-state index is 0.686. The van der Waals surface area contributed by atoms with Crippen LogP contribution in [0.15, 0.2) is 17.9 Å². The summed E-state index contributed by atoms with van der Waals surface area (Å²) in [6.07, 6.45) is 11.9. The van der Waals surface area contributed by atoms with Gasteiger partial charge in [-0.15, -0.1) is 11.3 Å². The van der Waals surface area contributed by atoms with Crippen LogP contribution in [0.5, 0.6) is 0 Å². The molecule has 4 heteroatoms. The van der Waals surface area contributed by atoms with Gasteiger partial charge in [-0.2, -0.15) is 0 Å². The van der Waals surface area contributed by atoms with E-state index in [9.17, 15) is 0 Å². The molecule has 0 bridgehead atoms. The quantitative estimate of drug-likeness (QED) is 0.846. The van der Waals surface area contributed by atoms with Crippen molar-refractivity contribution in [3.05, 3.63) is 34.3 Å². The fourth-order valence-corrected chi connectivity index (χ4v) is 3.79. The molecule has 1 saturated carbocycles. The van der Waals surface area contributed by atoms with Crippen molar-refractivity contribution in [1.29, 1.82) is 0 Å². The fraction of sp³-hybridized carbons (Fsp3) is 0.600. The van der Waals surface area contributed by atoms with Crippen molar-refractivity contribution in [2.45, 2.75) is 57.9 Å². The van der Waals surface area contributed by atoms with Gasteiger partial charge in [0.05, 0.1) is 11.2 Å². The highest BCUT2D eigenvalue weighted by molar-refractivity contribution is 7.09. The van der Waals surface area contributed by atoms with Crippen LogP contribution in [0, 0.1) is 6.92 Å². The number of thiazole rings is 1. The number of nitrogens with zero attached hydrogens (tertiary/aromatic N) is 3. The van der Waals surface area contributed by atoms with E-state index in [1.165, 1.54) is 48.5 Å². The number of imidazole rings is 1. The molecular weight excluding hydrogens is 254 g/mol. The minimum absolute atomic E-state index is 0.686. The molecule has 3 nitrogen and oxygen atoms in total. The third-order valence-corrected chi connectivity index (χ3v) is 5.14. The molecule has 0 N–H and O–H groups in total. The number of aromatic nitrogens is 3. The smallest absolute Gasteiger partial charge is 0.111 e. The molecule has 0 unspecified atom stereocenters. The van der Waals surface area contributed by atoms with Crippen LogP contribution < -0.4 is 0 Å². The van der Waals surface area contributed by atoms with E-state index in [1.807, 2.05) is 11.7 Å². The van der Waals surface area contributed by atoms with Crippen LogP contribution in [0.1, 0.15) is 54.4 Å². The highest BCUT2D eigenvalue weighted by Gasteiger charge is 2.19. The normalized spacial score (nSPS) is 16.9. The Morgan fingerprint density at radius 3 is 2.84 bits per heavy atom. The van der Waals surface area contributed by atoms with Crippen molar-refractivity contribution in [3.63, 3.8) is 0 Å². The zero-order valence-corrected chi connectivity index (χ0v) is 12.3. The first-order valence-electron chi connectivity index (χ1n) is 7.24. The first-order chi connectivity index (χ1) is 9.34. The lowest BCUT2D eigenvalue weighted by atomic mass is 9.88. The molecule has 0 radical (unpaired) electrons. The predicted molar refractivity (Wildman–Crippen MR) is 78.6 cm³/mol. The lowest BCUT2D eigenvalue weighted by molar-refractivity contribution is 0.415. The zero-order chi connectivity index (χ0) is 13.1. The standard InChI is InChI=1S/C15H21N3S/c1-12-14(19-11-17-12)7-9-18-10-8-16-15(18)13-5-3-2-4-6-13/h8,10-11,13H,2-7,9H2,1H3. The van der Waals surface area contributed by atoms with Crippen LogP contribution in [-0.4, -0.2) is 14.5 Å². The zero-order valence-electron chi connectivity index (χ0n) is 11.5. The molecule has 0 spiro atoms. The van der Waals surface area contributed by atoms with Gasteiger partial charge in [0, 0.05) is 36.2 Å². The van der Waals surface area contributed by atoms with E-state index in [-0.39, 0.29) is 0 Å². The van der Waals surface area contributed by atoms with E-state index in [2.05, 4.69) is 27.7 Å². The SMILES string of the molecule is Cc1ncsc1CCn1ccnc1C1CCCCC1. The van der Waals surface area contributed by atoms with Gasteiger partial charge in [-0.3, -0.25) is 0 Å². The lowest BCUT2D eigenvalue weighted by Gasteiger charge is -2.22. The van der Waals surface area contributed by atoms with Crippen molar-refractivity contribution in [2.24, 2.45) is 0 Å². The third-order valence-electron chi connectivity index (χ3n) is 4.14. The summed E-state index contributed by atoms with van der Waals surface area (Å²) in [5.41, 5.74) is 3.13. The summed E-state index contributed by atoms with van der Waals surface area (Å²) in [4.78, 5) is 10.3.